The smallest absolute Gasteiger partial charge is 0.255 e. The lowest BCUT2D eigenvalue weighted by molar-refractivity contribution is 0.0730. The van der Waals surface area contributed by atoms with E-state index in [1.165, 1.54) is 28.6 Å². The number of hydrogen-bond donors (Lipinski definition) is 1. The molecule has 1 saturated heterocycles. The highest BCUT2D eigenvalue weighted by Crippen LogP contribution is 2.19. The molecule has 0 aromatic heterocycles. The summed E-state index contributed by atoms with van der Waals surface area (Å²) >= 11 is 0. The summed E-state index contributed by atoms with van der Waals surface area (Å²) in [4.78, 5) is 12.5. The van der Waals surface area contributed by atoms with Gasteiger partial charge in [0, 0.05) is 18.7 Å². The zero-order valence-corrected chi connectivity index (χ0v) is 14.7. The van der Waals surface area contributed by atoms with E-state index in [-0.39, 0.29) is 4.90 Å². The van der Waals surface area contributed by atoms with Crippen LogP contribution in [0.5, 0.6) is 0 Å². The van der Waals surface area contributed by atoms with Crippen molar-refractivity contribution in [3.8, 4) is 6.07 Å². The fourth-order valence-electron chi connectivity index (χ4n) is 2.60. The minimum atomic E-state index is -3.60. The van der Waals surface area contributed by atoms with Crippen molar-refractivity contribution in [3.63, 3.8) is 0 Å². The van der Waals surface area contributed by atoms with Crippen LogP contribution in [0.1, 0.15) is 15.9 Å². The van der Waals surface area contributed by atoms with Gasteiger partial charge in [-0.2, -0.15) is 9.57 Å². The predicted octanol–water partition coefficient (Wildman–Crippen LogP) is 1.83. The fraction of sp³-hybridized carbons (Fsp3) is 0.222. The molecule has 3 rings (SSSR count). The van der Waals surface area contributed by atoms with Crippen LogP contribution in [0.4, 0.5) is 5.69 Å². The van der Waals surface area contributed by atoms with Gasteiger partial charge < -0.3 is 10.1 Å². The lowest BCUT2D eigenvalue weighted by Gasteiger charge is -2.26. The molecule has 1 aliphatic heterocycles. The molecule has 0 unspecified atom stereocenters. The molecule has 2 aromatic carbocycles. The number of nitrogens with one attached hydrogen (secondary N) is 1. The predicted molar refractivity (Wildman–Crippen MR) is 95.1 cm³/mol. The molecule has 7 nitrogen and oxygen atoms in total. The minimum absolute atomic E-state index is 0.133. The van der Waals surface area contributed by atoms with Crippen LogP contribution in [0.3, 0.4) is 0 Å². The van der Waals surface area contributed by atoms with Gasteiger partial charge in [-0.1, -0.05) is 12.1 Å². The average molecular weight is 371 g/mol. The molecule has 0 saturated carbocycles. The number of benzene rings is 2. The van der Waals surface area contributed by atoms with Crippen LogP contribution in [0.25, 0.3) is 0 Å². The molecule has 134 valence electrons. The lowest BCUT2D eigenvalue weighted by Crippen LogP contribution is -2.40. The van der Waals surface area contributed by atoms with Crippen molar-refractivity contribution in [2.75, 3.05) is 31.6 Å². The normalized spacial score (nSPS) is 15.2. The van der Waals surface area contributed by atoms with Crippen LogP contribution in [0.2, 0.25) is 0 Å². The third kappa shape index (κ3) is 3.75. The van der Waals surface area contributed by atoms with E-state index in [1.54, 1.807) is 24.3 Å². The molecule has 26 heavy (non-hydrogen) atoms. The van der Waals surface area contributed by atoms with Gasteiger partial charge in [0.1, 0.15) is 6.07 Å². The Balaban J connectivity index is 1.77. The Morgan fingerprint density at radius 1 is 1.08 bits per heavy atom. The van der Waals surface area contributed by atoms with Crippen molar-refractivity contribution in [3.05, 3.63) is 59.7 Å². The lowest BCUT2D eigenvalue weighted by atomic mass is 10.1. The first-order valence-electron chi connectivity index (χ1n) is 8.01. The molecule has 0 atom stereocenters. The number of nitrogens with zero attached hydrogens (tertiary/aromatic N) is 2. The standard InChI is InChI=1S/C18H17N3O4S/c19-13-15-3-1-2-4-17(15)20-18(22)14-5-7-16(8-6-14)26(23,24)21-9-11-25-12-10-21/h1-8H,9-12H2,(H,20,22). The largest absolute Gasteiger partial charge is 0.379 e. The molecule has 1 amide bonds. The van der Waals surface area contributed by atoms with Crippen LogP contribution < -0.4 is 5.32 Å². The van der Waals surface area contributed by atoms with E-state index < -0.39 is 15.9 Å². The molecule has 1 fully saturated rings. The molecule has 1 N–H and O–H groups in total. The number of anilines is 1. The Morgan fingerprint density at radius 3 is 2.38 bits per heavy atom. The second kappa shape index (κ2) is 7.66. The van der Waals surface area contributed by atoms with Gasteiger partial charge in [-0.3, -0.25) is 4.79 Å². The third-order valence-electron chi connectivity index (χ3n) is 4.02. The maximum atomic E-state index is 12.6. The first-order chi connectivity index (χ1) is 12.5. The Bertz CT molecular complexity index is 943. The van der Waals surface area contributed by atoms with Crippen molar-refractivity contribution in [2.24, 2.45) is 0 Å². The molecule has 0 spiro atoms. The van der Waals surface area contributed by atoms with Gasteiger partial charge in [0.05, 0.1) is 29.4 Å². The first kappa shape index (κ1) is 18.1. The Morgan fingerprint density at radius 2 is 1.73 bits per heavy atom. The first-order valence-corrected chi connectivity index (χ1v) is 9.45. The summed E-state index contributed by atoms with van der Waals surface area (Å²) in [5, 5.41) is 11.7. The number of hydrogen-bond acceptors (Lipinski definition) is 5. The topological polar surface area (TPSA) is 99.5 Å². The summed E-state index contributed by atoms with van der Waals surface area (Å²) in [5.74, 6) is -0.414. The van der Waals surface area contributed by atoms with Crippen LogP contribution in [-0.4, -0.2) is 44.9 Å². The van der Waals surface area contributed by atoms with E-state index in [0.29, 0.717) is 43.1 Å². The molecule has 0 aliphatic carbocycles. The van der Waals surface area contributed by atoms with E-state index in [1.807, 2.05) is 6.07 Å². The van der Waals surface area contributed by atoms with Crippen molar-refractivity contribution in [1.29, 1.82) is 5.26 Å². The number of carbonyl (C=O) groups excluding carboxylic acids is 1. The molecule has 8 heteroatoms. The number of nitriles is 1. The number of para-hydroxylation sites is 1. The molecule has 0 radical (unpaired) electrons. The van der Waals surface area contributed by atoms with Crippen molar-refractivity contribution >= 4 is 21.6 Å². The summed E-state index contributed by atoms with van der Waals surface area (Å²) in [7, 11) is -3.60. The highest BCUT2D eigenvalue weighted by Gasteiger charge is 2.26. The SMILES string of the molecule is N#Cc1ccccc1NC(=O)c1ccc(S(=O)(=O)N2CCOCC2)cc1. The average Bonchev–Trinajstić information content (AvgIpc) is 2.69. The monoisotopic (exact) mass is 371 g/mol. The number of amides is 1. The van der Waals surface area contributed by atoms with Crippen LogP contribution in [-0.2, 0) is 14.8 Å². The Hall–Kier alpha value is -2.73. The van der Waals surface area contributed by atoms with Gasteiger partial charge in [-0.05, 0) is 36.4 Å². The van der Waals surface area contributed by atoms with Gasteiger partial charge in [0.2, 0.25) is 10.0 Å². The van der Waals surface area contributed by atoms with E-state index >= 15 is 0 Å². The van der Waals surface area contributed by atoms with E-state index in [9.17, 15) is 13.2 Å². The molecular weight excluding hydrogens is 354 g/mol. The molecule has 1 aliphatic rings. The summed E-state index contributed by atoms with van der Waals surface area (Å²) < 4.78 is 31.7. The number of morpholine rings is 1. The number of ether oxygens (including phenoxy) is 1. The highest BCUT2D eigenvalue weighted by molar-refractivity contribution is 7.89. The van der Waals surface area contributed by atoms with Crippen LogP contribution in [0.15, 0.2) is 53.4 Å². The molecule has 1 heterocycles. The van der Waals surface area contributed by atoms with Gasteiger partial charge in [0.15, 0.2) is 0 Å². The van der Waals surface area contributed by atoms with Crippen LogP contribution >= 0.6 is 0 Å². The molecular formula is C18H17N3O4S. The quantitative estimate of drug-likeness (QED) is 0.884. The maximum absolute atomic E-state index is 12.6. The number of carbonyl (C=O) groups is 1. The zero-order chi connectivity index (χ0) is 18.6. The minimum Gasteiger partial charge on any atom is -0.379 e. The highest BCUT2D eigenvalue weighted by atomic mass is 32.2. The van der Waals surface area contributed by atoms with E-state index in [2.05, 4.69) is 5.32 Å². The third-order valence-corrected chi connectivity index (χ3v) is 5.93. The summed E-state index contributed by atoms with van der Waals surface area (Å²) in [5.41, 5.74) is 1.07. The van der Waals surface area contributed by atoms with Crippen molar-refractivity contribution in [1.82, 2.24) is 4.31 Å². The maximum Gasteiger partial charge on any atom is 0.255 e. The number of sulfonamides is 1. The van der Waals surface area contributed by atoms with Crippen LogP contribution in [0, 0.1) is 11.3 Å². The summed E-state index contributed by atoms with van der Waals surface area (Å²) in [6.07, 6.45) is 0. The fourth-order valence-corrected chi connectivity index (χ4v) is 4.01. The Labute approximate surface area is 151 Å². The van der Waals surface area contributed by atoms with Gasteiger partial charge in [-0.25, -0.2) is 8.42 Å². The number of rotatable bonds is 4. The second-order valence-electron chi connectivity index (χ2n) is 5.65. The van der Waals surface area contributed by atoms with Gasteiger partial charge >= 0.3 is 0 Å². The van der Waals surface area contributed by atoms with E-state index in [0.717, 1.165) is 0 Å². The Kier molecular flexibility index (Phi) is 5.32. The van der Waals surface area contributed by atoms with Crippen molar-refractivity contribution < 1.29 is 17.9 Å². The van der Waals surface area contributed by atoms with Gasteiger partial charge in [0.25, 0.3) is 5.91 Å². The van der Waals surface area contributed by atoms with Crippen molar-refractivity contribution in [2.45, 2.75) is 4.90 Å². The van der Waals surface area contributed by atoms with E-state index in [4.69, 9.17) is 10.00 Å². The summed E-state index contributed by atoms with van der Waals surface area (Å²) in [6, 6.07) is 14.4. The molecule has 0 bridgehead atoms. The van der Waals surface area contributed by atoms with Gasteiger partial charge in [-0.15, -0.1) is 0 Å². The molecule has 2 aromatic rings. The summed E-state index contributed by atoms with van der Waals surface area (Å²) in [6.45, 7) is 1.38. The second-order valence-corrected chi connectivity index (χ2v) is 7.59. The zero-order valence-electron chi connectivity index (χ0n) is 13.9.